The molecule has 1 aromatic heterocycles. The standard InChI is InChI=1S/C10H13F2NO2/c1-2-8-3-4-9(5-13-8)15-7-10(11,12)6-14/h3-5,14H,2,6-7H2,1H3. The van der Waals surface area contributed by atoms with Crippen molar-refractivity contribution >= 4 is 0 Å². The third-order valence-corrected chi connectivity index (χ3v) is 1.84. The quantitative estimate of drug-likeness (QED) is 0.815. The minimum Gasteiger partial charge on any atom is -0.486 e. The van der Waals surface area contributed by atoms with Crippen LogP contribution in [0, 0.1) is 0 Å². The normalized spacial score (nSPS) is 11.5. The number of ether oxygens (including phenoxy) is 1. The first-order chi connectivity index (χ1) is 7.07. The van der Waals surface area contributed by atoms with E-state index >= 15 is 0 Å². The third kappa shape index (κ3) is 3.79. The van der Waals surface area contributed by atoms with Crippen LogP contribution in [0.25, 0.3) is 0 Å². The minimum absolute atomic E-state index is 0.278. The van der Waals surface area contributed by atoms with Crippen molar-refractivity contribution in [3.05, 3.63) is 24.0 Å². The number of hydrogen-bond donors (Lipinski definition) is 1. The van der Waals surface area contributed by atoms with Gasteiger partial charge in [-0.15, -0.1) is 0 Å². The summed E-state index contributed by atoms with van der Waals surface area (Å²) >= 11 is 0. The van der Waals surface area contributed by atoms with Gasteiger partial charge in [-0.25, -0.2) is 8.78 Å². The van der Waals surface area contributed by atoms with Gasteiger partial charge in [-0.05, 0) is 18.6 Å². The van der Waals surface area contributed by atoms with Gasteiger partial charge < -0.3 is 9.84 Å². The summed E-state index contributed by atoms with van der Waals surface area (Å²) < 4.78 is 30.0. The molecule has 0 unspecified atom stereocenters. The molecule has 0 bridgehead atoms. The largest absolute Gasteiger partial charge is 0.486 e. The molecule has 0 radical (unpaired) electrons. The van der Waals surface area contributed by atoms with Crippen molar-refractivity contribution in [2.45, 2.75) is 19.3 Å². The van der Waals surface area contributed by atoms with Crippen LogP contribution in [-0.2, 0) is 6.42 Å². The molecule has 1 heterocycles. The molecule has 1 aromatic rings. The highest BCUT2D eigenvalue weighted by Crippen LogP contribution is 2.16. The maximum absolute atomic E-state index is 12.6. The van der Waals surface area contributed by atoms with Crippen LogP contribution in [0.2, 0.25) is 0 Å². The average molecular weight is 217 g/mol. The molecular weight excluding hydrogens is 204 g/mol. The molecular formula is C10H13F2NO2. The van der Waals surface area contributed by atoms with E-state index in [0.29, 0.717) is 0 Å². The van der Waals surface area contributed by atoms with Crippen molar-refractivity contribution in [3.63, 3.8) is 0 Å². The van der Waals surface area contributed by atoms with Gasteiger partial charge in [-0.2, -0.15) is 0 Å². The van der Waals surface area contributed by atoms with E-state index in [0.717, 1.165) is 12.1 Å². The second-order valence-electron chi connectivity index (χ2n) is 3.14. The van der Waals surface area contributed by atoms with Crippen LogP contribution < -0.4 is 4.74 Å². The molecule has 1 N–H and O–H groups in total. The van der Waals surface area contributed by atoms with Crippen LogP contribution in [0.1, 0.15) is 12.6 Å². The van der Waals surface area contributed by atoms with Gasteiger partial charge in [-0.1, -0.05) is 6.92 Å². The Bertz CT molecular complexity index is 301. The first-order valence-electron chi connectivity index (χ1n) is 4.64. The van der Waals surface area contributed by atoms with Gasteiger partial charge in [0, 0.05) is 5.69 Å². The Hall–Kier alpha value is -1.23. The summed E-state index contributed by atoms with van der Waals surface area (Å²) in [5.74, 6) is -2.93. The van der Waals surface area contributed by atoms with Gasteiger partial charge in [0.1, 0.15) is 12.4 Å². The number of aliphatic hydroxyl groups is 1. The van der Waals surface area contributed by atoms with Gasteiger partial charge in [0.05, 0.1) is 6.20 Å². The van der Waals surface area contributed by atoms with E-state index in [2.05, 4.69) is 4.98 Å². The fraction of sp³-hybridized carbons (Fsp3) is 0.500. The number of aliphatic hydroxyl groups excluding tert-OH is 1. The van der Waals surface area contributed by atoms with E-state index < -0.39 is 19.1 Å². The number of hydrogen-bond acceptors (Lipinski definition) is 3. The molecule has 0 saturated heterocycles. The van der Waals surface area contributed by atoms with Gasteiger partial charge in [-0.3, -0.25) is 4.98 Å². The predicted octanol–water partition coefficient (Wildman–Crippen LogP) is 1.65. The van der Waals surface area contributed by atoms with Crippen LogP contribution in [-0.4, -0.2) is 29.2 Å². The van der Waals surface area contributed by atoms with Gasteiger partial charge in [0.2, 0.25) is 0 Å². The molecule has 0 spiro atoms. The number of aromatic nitrogens is 1. The number of alkyl halides is 2. The number of halogens is 2. The van der Waals surface area contributed by atoms with Crippen LogP contribution in [0.4, 0.5) is 8.78 Å². The zero-order chi connectivity index (χ0) is 11.3. The lowest BCUT2D eigenvalue weighted by Crippen LogP contribution is -2.29. The topological polar surface area (TPSA) is 42.4 Å². The molecule has 0 aliphatic heterocycles. The van der Waals surface area contributed by atoms with E-state index in [1.807, 2.05) is 6.92 Å². The number of pyridine rings is 1. The smallest absolute Gasteiger partial charge is 0.303 e. The van der Waals surface area contributed by atoms with Crippen molar-refractivity contribution in [1.82, 2.24) is 4.98 Å². The van der Waals surface area contributed by atoms with Crippen molar-refractivity contribution < 1.29 is 18.6 Å². The van der Waals surface area contributed by atoms with E-state index in [9.17, 15) is 8.78 Å². The molecule has 0 amide bonds. The summed E-state index contributed by atoms with van der Waals surface area (Å²) in [6.07, 6.45) is 2.18. The summed E-state index contributed by atoms with van der Waals surface area (Å²) in [6, 6.07) is 3.30. The van der Waals surface area contributed by atoms with E-state index in [-0.39, 0.29) is 5.75 Å². The van der Waals surface area contributed by atoms with Crippen molar-refractivity contribution in [2.24, 2.45) is 0 Å². The lowest BCUT2D eigenvalue weighted by Gasteiger charge is -2.13. The van der Waals surface area contributed by atoms with Crippen LogP contribution in [0.15, 0.2) is 18.3 Å². The molecule has 15 heavy (non-hydrogen) atoms. The summed E-state index contributed by atoms with van der Waals surface area (Å²) in [5.41, 5.74) is 0.872. The summed E-state index contributed by atoms with van der Waals surface area (Å²) in [5, 5.41) is 8.31. The zero-order valence-electron chi connectivity index (χ0n) is 8.41. The van der Waals surface area contributed by atoms with Crippen LogP contribution in [0.3, 0.4) is 0 Å². The highest BCUT2D eigenvalue weighted by molar-refractivity contribution is 5.19. The molecule has 5 heteroatoms. The molecule has 0 saturated carbocycles. The molecule has 0 aliphatic carbocycles. The highest BCUT2D eigenvalue weighted by Gasteiger charge is 2.28. The van der Waals surface area contributed by atoms with Gasteiger partial charge >= 0.3 is 5.92 Å². The van der Waals surface area contributed by atoms with E-state index in [1.54, 1.807) is 12.1 Å². The van der Waals surface area contributed by atoms with E-state index in [4.69, 9.17) is 9.84 Å². The number of aryl methyl sites for hydroxylation is 1. The SMILES string of the molecule is CCc1ccc(OCC(F)(F)CO)cn1. The Morgan fingerprint density at radius 1 is 1.47 bits per heavy atom. The summed E-state index contributed by atoms with van der Waals surface area (Å²) in [7, 11) is 0. The molecule has 0 aromatic carbocycles. The fourth-order valence-electron chi connectivity index (χ4n) is 0.940. The fourth-order valence-corrected chi connectivity index (χ4v) is 0.940. The summed E-state index contributed by atoms with van der Waals surface area (Å²) in [6.45, 7) is -0.104. The predicted molar refractivity (Wildman–Crippen MR) is 51.1 cm³/mol. The Morgan fingerprint density at radius 2 is 2.20 bits per heavy atom. The molecule has 0 aliphatic rings. The second kappa shape index (κ2) is 5.02. The first-order valence-corrected chi connectivity index (χ1v) is 4.64. The van der Waals surface area contributed by atoms with Gasteiger partial charge in [0.15, 0.2) is 6.61 Å². The lowest BCUT2D eigenvalue weighted by molar-refractivity contribution is -0.0801. The molecule has 0 fully saturated rings. The lowest BCUT2D eigenvalue weighted by atomic mass is 10.3. The summed E-state index contributed by atoms with van der Waals surface area (Å²) in [4.78, 5) is 3.99. The number of nitrogens with zero attached hydrogens (tertiary/aromatic N) is 1. The van der Waals surface area contributed by atoms with Gasteiger partial charge in [0.25, 0.3) is 0 Å². The minimum atomic E-state index is -3.20. The monoisotopic (exact) mass is 217 g/mol. The highest BCUT2D eigenvalue weighted by atomic mass is 19.3. The van der Waals surface area contributed by atoms with Crippen molar-refractivity contribution in [2.75, 3.05) is 13.2 Å². The van der Waals surface area contributed by atoms with Crippen LogP contribution in [0.5, 0.6) is 5.75 Å². The first kappa shape index (κ1) is 11.8. The van der Waals surface area contributed by atoms with Crippen molar-refractivity contribution in [3.8, 4) is 5.75 Å². The number of rotatable bonds is 5. The molecule has 0 atom stereocenters. The average Bonchev–Trinajstić information content (AvgIpc) is 2.27. The Morgan fingerprint density at radius 3 is 2.67 bits per heavy atom. The molecule has 84 valence electrons. The van der Waals surface area contributed by atoms with Crippen LogP contribution >= 0.6 is 0 Å². The van der Waals surface area contributed by atoms with Crippen molar-refractivity contribution in [1.29, 1.82) is 0 Å². The Kier molecular flexibility index (Phi) is 3.96. The second-order valence-corrected chi connectivity index (χ2v) is 3.14. The maximum Gasteiger partial charge on any atom is 0.303 e. The molecule has 1 rings (SSSR count). The molecule has 3 nitrogen and oxygen atoms in total. The zero-order valence-corrected chi connectivity index (χ0v) is 8.41. The van der Waals surface area contributed by atoms with E-state index in [1.165, 1.54) is 6.20 Å². The third-order valence-electron chi connectivity index (χ3n) is 1.84. The Balaban J connectivity index is 2.51. The Labute approximate surface area is 86.7 Å². The maximum atomic E-state index is 12.6.